The molecule has 0 fully saturated rings. The molecule has 0 spiro atoms. The van der Waals surface area contributed by atoms with E-state index in [1.54, 1.807) is 0 Å². The maximum absolute atomic E-state index is 4.19. The SMILES string of the molecule is CCC(NCCc1ccnn1C)c1ccc(Br)cc1. The van der Waals surface area contributed by atoms with Gasteiger partial charge in [0.05, 0.1) is 0 Å². The second-order valence-corrected chi connectivity index (χ2v) is 5.58. The Hall–Kier alpha value is -1.13. The number of benzene rings is 1. The van der Waals surface area contributed by atoms with E-state index in [9.17, 15) is 0 Å². The smallest absolute Gasteiger partial charge is 0.0492 e. The van der Waals surface area contributed by atoms with Crippen LogP contribution in [0.25, 0.3) is 0 Å². The molecule has 0 radical (unpaired) electrons. The number of nitrogens with zero attached hydrogens (tertiary/aromatic N) is 2. The van der Waals surface area contributed by atoms with Crippen LogP contribution in [0.1, 0.15) is 30.6 Å². The normalized spacial score (nSPS) is 12.6. The molecule has 2 rings (SSSR count). The largest absolute Gasteiger partial charge is 0.310 e. The lowest BCUT2D eigenvalue weighted by molar-refractivity contribution is 0.516. The molecule has 0 aliphatic heterocycles. The Morgan fingerprint density at radius 1 is 1.26 bits per heavy atom. The third-order valence-corrected chi connectivity index (χ3v) is 3.90. The van der Waals surface area contributed by atoms with Gasteiger partial charge in [-0.3, -0.25) is 4.68 Å². The van der Waals surface area contributed by atoms with Gasteiger partial charge in [0.25, 0.3) is 0 Å². The van der Waals surface area contributed by atoms with Crippen molar-refractivity contribution in [1.82, 2.24) is 15.1 Å². The Morgan fingerprint density at radius 3 is 2.58 bits per heavy atom. The zero-order valence-corrected chi connectivity index (χ0v) is 13.0. The zero-order chi connectivity index (χ0) is 13.7. The number of halogens is 1. The van der Waals surface area contributed by atoms with Gasteiger partial charge in [-0.15, -0.1) is 0 Å². The summed E-state index contributed by atoms with van der Waals surface area (Å²) in [5.41, 5.74) is 2.61. The molecule has 1 aromatic carbocycles. The molecule has 1 heterocycles. The van der Waals surface area contributed by atoms with Crippen LogP contribution in [0.2, 0.25) is 0 Å². The van der Waals surface area contributed by atoms with Crippen LogP contribution in [0.3, 0.4) is 0 Å². The maximum atomic E-state index is 4.19. The lowest BCUT2D eigenvalue weighted by Crippen LogP contribution is -2.23. The van der Waals surface area contributed by atoms with Crippen LogP contribution in [-0.2, 0) is 13.5 Å². The number of aryl methyl sites for hydroxylation is 1. The molecular formula is C15H20BrN3. The van der Waals surface area contributed by atoms with E-state index in [0.29, 0.717) is 6.04 Å². The summed E-state index contributed by atoms with van der Waals surface area (Å²) >= 11 is 3.47. The van der Waals surface area contributed by atoms with Crippen molar-refractivity contribution < 1.29 is 0 Å². The molecule has 102 valence electrons. The Morgan fingerprint density at radius 2 is 2.00 bits per heavy atom. The molecule has 0 amide bonds. The van der Waals surface area contributed by atoms with E-state index in [2.05, 4.69) is 63.6 Å². The van der Waals surface area contributed by atoms with E-state index in [0.717, 1.165) is 23.9 Å². The van der Waals surface area contributed by atoms with Gasteiger partial charge < -0.3 is 5.32 Å². The van der Waals surface area contributed by atoms with Crippen LogP contribution in [0.5, 0.6) is 0 Å². The summed E-state index contributed by atoms with van der Waals surface area (Å²) in [6.07, 6.45) is 3.94. The van der Waals surface area contributed by atoms with Crippen molar-refractivity contribution >= 4 is 15.9 Å². The average molecular weight is 322 g/mol. The molecule has 1 atom stereocenters. The fourth-order valence-corrected chi connectivity index (χ4v) is 2.48. The second-order valence-electron chi connectivity index (χ2n) is 4.66. The second kappa shape index (κ2) is 6.87. The van der Waals surface area contributed by atoms with Crippen molar-refractivity contribution in [1.29, 1.82) is 0 Å². The fraction of sp³-hybridized carbons (Fsp3) is 0.400. The summed E-state index contributed by atoms with van der Waals surface area (Å²) < 4.78 is 3.06. The van der Waals surface area contributed by atoms with Gasteiger partial charge in [0.2, 0.25) is 0 Å². The molecule has 0 bridgehead atoms. The minimum atomic E-state index is 0.418. The van der Waals surface area contributed by atoms with E-state index < -0.39 is 0 Å². The van der Waals surface area contributed by atoms with Gasteiger partial charge in [0.15, 0.2) is 0 Å². The molecule has 0 aliphatic carbocycles. The summed E-state index contributed by atoms with van der Waals surface area (Å²) in [5, 5.41) is 7.80. The van der Waals surface area contributed by atoms with Gasteiger partial charge in [0.1, 0.15) is 0 Å². The quantitative estimate of drug-likeness (QED) is 0.883. The van der Waals surface area contributed by atoms with E-state index >= 15 is 0 Å². The Bertz CT molecular complexity index is 504. The first-order valence-electron chi connectivity index (χ1n) is 6.66. The zero-order valence-electron chi connectivity index (χ0n) is 11.4. The number of hydrogen-bond donors (Lipinski definition) is 1. The molecular weight excluding hydrogens is 302 g/mol. The van der Waals surface area contributed by atoms with Gasteiger partial charge in [-0.2, -0.15) is 5.10 Å². The average Bonchev–Trinajstić information content (AvgIpc) is 2.82. The topological polar surface area (TPSA) is 29.9 Å². The number of aromatic nitrogens is 2. The van der Waals surface area contributed by atoms with Crippen molar-refractivity contribution in [2.24, 2.45) is 7.05 Å². The van der Waals surface area contributed by atoms with E-state index in [1.807, 2.05) is 17.9 Å². The van der Waals surface area contributed by atoms with Crippen LogP contribution in [-0.4, -0.2) is 16.3 Å². The molecule has 19 heavy (non-hydrogen) atoms. The first-order chi connectivity index (χ1) is 9.20. The lowest BCUT2D eigenvalue weighted by Gasteiger charge is -2.17. The van der Waals surface area contributed by atoms with Crippen molar-refractivity contribution in [3.05, 3.63) is 52.3 Å². The molecule has 2 aromatic rings. The predicted molar refractivity (Wildman–Crippen MR) is 82.1 cm³/mol. The van der Waals surface area contributed by atoms with Crippen LogP contribution >= 0.6 is 15.9 Å². The van der Waals surface area contributed by atoms with Gasteiger partial charge in [0, 0.05) is 42.4 Å². The van der Waals surface area contributed by atoms with Crippen LogP contribution in [0, 0.1) is 0 Å². The fourth-order valence-electron chi connectivity index (χ4n) is 2.21. The Kier molecular flexibility index (Phi) is 5.16. The summed E-state index contributed by atoms with van der Waals surface area (Å²) in [6, 6.07) is 11.0. The highest BCUT2D eigenvalue weighted by molar-refractivity contribution is 9.10. The van der Waals surface area contributed by atoms with Crippen molar-refractivity contribution in [2.75, 3.05) is 6.54 Å². The molecule has 4 heteroatoms. The molecule has 1 unspecified atom stereocenters. The molecule has 1 N–H and O–H groups in total. The highest BCUT2D eigenvalue weighted by atomic mass is 79.9. The molecule has 0 saturated carbocycles. The summed E-state index contributed by atoms with van der Waals surface area (Å²) in [7, 11) is 1.99. The van der Waals surface area contributed by atoms with Gasteiger partial charge in [-0.1, -0.05) is 35.0 Å². The number of rotatable bonds is 6. The van der Waals surface area contributed by atoms with Crippen LogP contribution < -0.4 is 5.32 Å². The van der Waals surface area contributed by atoms with Crippen molar-refractivity contribution in [3.8, 4) is 0 Å². The number of hydrogen-bond acceptors (Lipinski definition) is 2. The number of nitrogens with one attached hydrogen (secondary N) is 1. The van der Waals surface area contributed by atoms with Crippen molar-refractivity contribution in [2.45, 2.75) is 25.8 Å². The summed E-state index contributed by atoms with van der Waals surface area (Å²) in [6.45, 7) is 3.18. The van der Waals surface area contributed by atoms with E-state index in [1.165, 1.54) is 11.3 Å². The van der Waals surface area contributed by atoms with Gasteiger partial charge >= 0.3 is 0 Å². The molecule has 1 aromatic heterocycles. The van der Waals surface area contributed by atoms with Gasteiger partial charge in [-0.05, 0) is 30.2 Å². The third-order valence-electron chi connectivity index (χ3n) is 3.37. The van der Waals surface area contributed by atoms with E-state index in [-0.39, 0.29) is 0 Å². The minimum absolute atomic E-state index is 0.418. The molecule has 0 saturated heterocycles. The lowest BCUT2D eigenvalue weighted by atomic mass is 10.0. The third kappa shape index (κ3) is 3.91. The minimum Gasteiger partial charge on any atom is -0.310 e. The predicted octanol–water partition coefficient (Wildman–Crippen LogP) is 3.47. The first kappa shape index (κ1) is 14.3. The Balaban J connectivity index is 1.89. The maximum Gasteiger partial charge on any atom is 0.0492 e. The molecule has 0 aliphatic rings. The highest BCUT2D eigenvalue weighted by Crippen LogP contribution is 2.19. The Labute approximate surface area is 123 Å². The highest BCUT2D eigenvalue weighted by Gasteiger charge is 2.08. The van der Waals surface area contributed by atoms with Gasteiger partial charge in [-0.25, -0.2) is 0 Å². The summed E-state index contributed by atoms with van der Waals surface area (Å²) in [4.78, 5) is 0. The first-order valence-corrected chi connectivity index (χ1v) is 7.45. The van der Waals surface area contributed by atoms with Crippen LogP contribution in [0.4, 0.5) is 0 Å². The van der Waals surface area contributed by atoms with E-state index in [4.69, 9.17) is 0 Å². The van der Waals surface area contributed by atoms with Crippen molar-refractivity contribution in [3.63, 3.8) is 0 Å². The monoisotopic (exact) mass is 321 g/mol. The van der Waals surface area contributed by atoms with Crippen LogP contribution in [0.15, 0.2) is 41.0 Å². The molecule has 3 nitrogen and oxygen atoms in total. The standard InChI is InChI=1S/C15H20BrN3/c1-3-15(12-4-6-13(16)7-5-12)17-10-8-14-9-11-18-19(14)2/h4-7,9,11,15,17H,3,8,10H2,1-2H3. The summed E-state index contributed by atoms with van der Waals surface area (Å²) in [5.74, 6) is 0.